The summed E-state index contributed by atoms with van der Waals surface area (Å²) in [5.74, 6) is -1.09. The van der Waals surface area contributed by atoms with Gasteiger partial charge in [0.15, 0.2) is 0 Å². The van der Waals surface area contributed by atoms with Crippen LogP contribution in [0.25, 0.3) is 0 Å². The summed E-state index contributed by atoms with van der Waals surface area (Å²) in [6, 6.07) is 15.6. The molecule has 1 heterocycles. The number of piperidine rings is 1. The van der Waals surface area contributed by atoms with E-state index in [1.807, 2.05) is 30.3 Å². The van der Waals surface area contributed by atoms with E-state index in [0.717, 1.165) is 18.5 Å². The number of likely N-dealkylation sites (tertiary alicyclic amines) is 1. The number of rotatable bonds is 8. The number of nitro benzene ring substituents is 1. The Balaban J connectivity index is 1.70. The number of hydrogen-bond donors (Lipinski definition) is 1. The molecule has 3 rings (SSSR count). The van der Waals surface area contributed by atoms with Gasteiger partial charge in [-0.1, -0.05) is 47.6 Å². The van der Waals surface area contributed by atoms with Gasteiger partial charge in [0.1, 0.15) is 12.3 Å². The van der Waals surface area contributed by atoms with Crippen LogP contribution in [0.3, 0.4) is 0 Å². The molecule has 1 saturated heterocycles. The molecule has 0 spiro atoms. The number of nitrogens with zero attached hydrogens (tertiary/aromatic N) is 3. The first-order valence-corrected chi connectivity index (χ1v) is 9.50. The Labute approximate surface area is 168 Å². The van der Waals surface area contributed by atoms with Crippen molar-refractivity contribution in [1.82, 2.24) is 4.90 Å². The fraction of sp³-hybridized carbons (Fsp3) is 0.333. The molecule has 1 fully saturated rings. The number of aliphatic carboxylic acids is 1. The molecular formula is C21H23N3O5. The highest BCUT2D eigenvalue weighted by molar-refractivity contribution is 6.12. The van der Waals surface area contributed by atoms with Gasteiger partial charge in [0.2, 0.25) is 0 Å². The van der Waals surface area contributed by atoms with Crippen LogP contribution in [0.2, 0.25) is 0 Å². The van der Waals surface area contributed by atoms with Gasteiger partial charge < -0.3 is 9.94 Å². The first-order chi connectivity index (χ1) is 14.0. The maximum atomic E-state index is 11.2. The van der Waals surface area contributed by atoms with Crippen molar-refractivity contribution in [2.24, 2.45) is 11.1 Å². The zero-order valence-corrected chi connectivity index (χ0v) is 15.9. The smallest absolute Gasteiger partial charge is 0.307 e. The number of carbonyl (C=O) groups is 1. The van der Waals surface area contributed by atoms with Gasteiger partial charge >= 0.3 is 5.97 Å². The van der Waals surface area contributed by atoms with Crippen molar-refractivity contribution in [3.05, 3.63) is 75.8 Å². The highest BCUT2D eigenvalue weighted by Gasteiger charge is 2.25. The van der Waals surface area contributed by atoms with Crippen LogP contribution in [0.5, 0.6) is 0 Å². The Morgan fingerprint density at radius 3 is 2.69 bits per heavy atom. The largest absolute Gasteiger partial charge is 0.481 e. The van der Waals surface area contributed by atoms with Gasteiger partial charge in [0.05, 0.1) is 10.8 Å². The van der Waals surface area contributed by atoms with Gasteiger partial charge in [-0.05, 0) is 19.4 Å². The van der Waals surface area contributed by atoms with Crippen molar-refractivity contribution < 1.29 is 19.7 Å². The van der Waals surface area contributed by atoms with Crippen LogP contribution < -0.4 is 0 Å². The average Bonchev–Trinajstić information content (AvgIpc) is 2.74. The van der Waals surface area contributed by atoms with E-state index in [0.29, 0.717) is 37.4 Å². The molecular weight excluding hydrogens is 374 g/mol. The summed E-state index contributed by atoms with van der Waals surface area (Å²) < 4.78 is 0. The second-order valence-electron chi connectivity index (χ2n) is 6.92. The standard InChI is InChI=1S/C21H23N3O5/c25-21(26)18-9-5-11-23(15-18)12-13-29-22-20(16-6-2-1-3-7-16)17-8-4-10-19(14-17)24(27)28/h1-4,6-8,10,14,18H,5,9,11-13,15H2,(H,25,26)/b22-20+. The van der Waals surface area contributed by atoms with Crippen LogP contribution in [-0.2, 0) is 9.63 Å². The maximum Gasteiger partial charge on any atom is 0.307 e. The summed E-state index contributed by atoms with van der Waals surface area (Å²) in [4.78, 5) is 29.4. The van der Waals surface area contributed by atoms with Gasteiger partial charge in [-0.3, -0.25) is 19.8 Å². The SMILES string of the molecule is O=C(O)C1CCCN(CCO/N=C(\c2ccccc2)c2cccc([N+](=O)[O-])c2)C1. The first-order valence-electron chi connectivity index (χ1n) is 9.50. The normalized spacial score (nSPS) is 17.7. The molecule has 0 radical (unpaired) electrons. The highest BCUT2D eigenvalue weighted by atomic mass is 16.6. The van der Waals surface area contributed by atoms with E-state index in [1.54, 1.807) is 12.1 Å². The minimum absolute atomic E-state index is 0.0147. The molecule has 0 aliphatic carbocycles. The molecule has 29 heavy (non-hydrogen) atoms. The number of carboxylic acids is 1. The number of hydrogen-bond acceptors (Lipinski definition) is 6. The lowest BCUT2D eigenvalue weighted by molar-refractivity contribution is -0.384. The molecule has 8 nitrogen and oxygen atoms in total. The van der Waals surface area contributed by atoms with Gasteiger partial charge in [-0.15, -0.1) is 0 Å². The lowest BCUT2D eigenvalue weighted by Gasteiger charge is -2.29. The summed E-state index contributed by atoms with van der Waals surface area (Å²) in [5.41, 5.74) is 1.88. The Morgan fingerprint density at radius 1 is 1.21 bits per heavy atom. The summed E-state index contributed by atoms with van der Waals surface area (Å²) in [6.07, 6.45) is 1.55. The summed E-state index contributed by atoms with van der Waals surface area (Å²) in [7, 11) is 0. The van der Waals surface area contributed by atoms with E-state index in [1.165, 1.54) is 12.1 Å². The van der Waals surface area contributed by atoms with E-state index in [4.69, 9.17) is 4.84 Å². The van der Waals surface area contributed by atoms with Gasteiger partial charge in [0, 0.05) is 36.3 Å². The topological polar surface area (TPSA) is 105 Å². The highest BCUT2D eigenvalue weighted by Crippen LogP contribution is 2.18. The lowest BCUT2D eigenvalue weighted by Crippen LogP contribution is -2.40. The summed E-state index contributed by atoms with van der Waals surface area (Å²) in [6.45, 7) is 2.23. The molecule has 0 saturated carbocycles. The quantitative estimate of drug-likeness (QED) is 0.317. The van der Waals surface area contributed by atoms with Gasteiger partial charge in [0.25, 0.3) is 5.69 Å². The van der Waals surface area contributed by atoms with E-state index < -0.39 is 10.9 Å². The minimum atomic E-state index is -0.759. The third-order valence-electron chi connectivity index (χ3n) is 4.89. The van der Waals surface area contributed by atoms with E-state index in [9.17, 15) is 20.0 Å². The Hall–Kier alpha value is -3.26. The first kappa shape index (κ1) is 20.5. The Morgan fingerprint density at radius 2 is 1.97 bits per heavy atom. The second-order valence-corrected chi connectivity index (χ2v) is 6.92. The van der Waals surface area contributed by atoms with Gasteiger partial charge in [-0.25, -0.2) is 0 Å². The third kappa shape index (κ3) is 5.61. The maximum absolute atomic E-state index is 11.2. The van der Waals surface area contributed by atoms with Crippen molar-refractivity contribution in [3.8, 4) is 0 Å². The van der Waals surface area contributed by atoms with Crippen molar-refractivity contribution in [1.29, 1.82) is 0 Å². The predicted molar refractivity (Wildman–Crippen MR) is 108 cm³/mol. The molecule has 1 unspecified atom stereocenters. The molecule has 8 heteroatoms. The molecule has 0 aromatic heterocycles. The minimum Gasteiger partial charge on any atom is -0.481 e. The lowest BCUT2D eigenvalue weighted by atomic mass is 9.98. The molecule has 1 aliphatic rings. The van der Waals surface area contributed by atoms with E-state index >= 15 is 0 Å². The molecule has 2 aromatic carbocycles. The number of benzene rings is 2. The van der Waals surface area contributed by atoms with Gasteiger partial charge in [-0.2, -0.15) is 0 Å². The monoisotopic (exact) mass is 397 g/mol. The second kappa shape index (κ2) is 9.79. The molecule has 1 atom stereocenters. The zero-order chi connectivity index (χ0) is 20.6. The summed E-state index contributed by atoms with van der Waals surface area (Å²) >= 11 is 0. The van der Waals surface area contributed by atoms with E-state index in [2.05, 4.69) is 10.1 Å². The van der Waals surface area contributed by atoms with Crippen LogP contribution in [0, 0.1) is 16.0 Å². The summed E-state index contributed by atoms with van der Waals surface area (Å²) in [5, 5.41) is 24.5. The van der Waals surface area contributed by atoms with Crippen LogP contribution in [0.15, 0.2) is 59.8 Å². The number of carboxylic acid groups (broad SMARTS) is 1. The van der Waals surface area contributed by atoms with Crippen molar-refractivity contribution in [2.45, 2.75) is 12.8 Å². The molecule has 2 aromatic rings. The molecule has 152 valence electrons. The van der Waals surface area contributed by atoms with Crippen molar-refractivity contribution >= 4 is 17.4 Å². The van der Waals surface area contributed by atoms with Crippen LogP contribution >= 0.6 is 0 Å². The fourth-order valence-electron chi connectivity index (χ4n) is 3.38. The average molecular weight is 397 g/mol. The third-order valence-corrected chi connectivity index (χ3v) is 4.89. The fourth-order valence-corrected chi connectivity index (χ4v) is 3.38. The van der Waals surface area contributed by atoms with Crippen LogP contribution in [0.4, 0.5) is 5.69 Å². The number of non-ortho nitro benzene ring substituents is 1. The molecule has 0 bridgehead atoms. The zero-order valence-electron chi connectivity index (χ0n) is 15.9. The number of nitro groups is 1. The van der Waals surface area contributed by atoms with Crippen molar-refractivity contribution in [3.63, 3.8) is 0 Å². The van der Waals surface area contributed by atoms with E-state index in [-0.39, 0.29) is 11.6 Å². The molecule has 1 aliphatic heterocycles. The molecule has 1 N–H and O–H groups in total. The van der Waals surface area contributed by atoms with Crippen LogP contribution in [0.1, 0.15) is 24.0 Å². The Bertz CT molecular complexity index is 885. The van der Waals surface area contributed by atoms with Crippen molar-refractivity contribution in [2.75, 3.05) is 26.2 Å². The van der Waals surface area contributed by atoms with Crippen LogP contribution in [-0.4, -0.2) is 52.9 Å². The Kier molecular flexibility index (Phi) is 6.91. The molecule has 0 amide bonds. The number of oxime groups is 1. The predicted octanol–water partition coefficient (Wildman–Crippen LogP) is 3.16.